The van der Waals surface area contributed by atoms with Gasteiger partial charge < -0.3 is 20.9 Å². The molecule has 2 aliphatic rings. The molecule has 4 heterocycles. The SMILES string of the molecule is CC1=CC=CC(Nc2cccc3nn4c(C5CCNCC5)cc(=O)[nH]c4c23)N1. The summed E-state index contributed by atoms with van der Waals surface area (Å²) in [5.74, 6) is 0.340. The highest BCUT2D eigenvalue weighted by atomic mass is 16.1. The molecular weight excluding hydrogens is 352 g/mol. The molecule has 28 heavy (non-hydrogen) atoms. The van der Waals surface area contributed by atoms with E-state index in [-0.39, 0.29) is 11.7 Å². The lowest BCUT2D eigenvalue weighted by atomic mass is 9.94. The summed E-state index contributed by atoms with van der Waals surface area (Å²) >= 11 is 0. The van der Waals surface area contributed by atoms with Gasteiger partial charge in [-0.3, -0.25) is 4.79 Å². The molecule has 1 saturated heterocycles. The molecule has 7 nitrogen and oxygen atoms in total. The highest BCUT2D eigenvalue weighted by molar-refractivity contribution is 6.02. The third-order valence-corrected chi connectivity index (χ3v) is 5.57. The lowest BCUT2D eigenvalue weighted by molar-refractivity contribution is 0.446. The molecule has 7 heteroatoms. The Kier molecular flexibility index (Phi) is 4.16. The number of dihydropyridines is 1. The number of nitrogens with zero attached hydrogens (tertiary/aromatic N) is 2. The fourth-order valence-corrected chi connectivity index (χ4v) is 4.22. The van der Waals surface area contributed by atoms with Crippen LogP contribution in [-0.4, -0.2) is 33.9 Å². The predicted molar refractivity (Wildman–Crippen MR) is 112 cm³/mol. The second-order valence-corrected chi connectivity index (χ2v) is 7.54. The van der Waals surface area contributed by atoms with E-state index in [4.69, 9.17) is 5.10 Å². The zero-order valence-corrected chi connectivity index (χ0v) is 15.8. The number of piperidine rings is 1. The minimum atomic E-state index is -0.0768. The number of nitrogens with one attached hydrogen (secondary N) is 4. The molecule has 0 aliphatic carbocycles. The number of hydrogen-bond acceptors (Lipinski definition) is 5. The normalized spacial score (nSPS) is 20.3. The summed E-state index contributed by atoms with van der Waals surface area (Å²) in [5, 5.41) is 16.1. The molecule has 2 aliphatic heterocycles. The van der Waals surface area contributed by atoms with Crippen LogP contribution in [0.2, 0.25) is 0 Å². The monoisotopic (exact) mass is 376 g/mol. The second kappa shape index (κ2) is 6.83. The lowest BCUT2D eigenvalue weighted by Gasteiger charge is -2.23. The van der Waals surface area contributed by atoms with Crippen LogP contribution in [0.3, 0.4) is 0 Å². The van der Waals surface area contributed by atoms with E-state index < -0.39 is 0 Å². The maximum absolute atomic E-state index is 12.5. The van der Waals surface area contributed by atoms with Crippen LogP contribution in [0.15, 0.2) is 53.0 Å². The van der Waals surface area contributed by atoms with Gasteiger partial charge in [-0.05, 0) is 57.1 Å². The molecule has 1 fully saturated rings. The van der Waals surface area contributed by atoms with Crippen molar-refractivity contribution in [2.75, 3.05) is 18.4 Å². The summed E-state index contributed by atoms with van der Waals surface area (Å²) in [5.41, 5.74) is 4.60. The lowest BCUT2D eigenvalue weighted by Crippen LogP contribution is -2.34. The number of rotatable bonds is 3. The number of fused-ring (bicyclic) bond motifs is 3. The van der Waals surface area contributed by atoms with Gasteiger partial charge in [-0.15, -0.1) is 0 Å². The van der Waals surface area contributed by atoms with Crippen molar-refractivity contribution in [1.82, 2.24) is 25.2 Å². The minimum absolute atomic E-state index is 0.00938. The van der Waals surface area contributed by atoms with Crippen LogP contribution < -0.4 is 21.5 Å². The van der Waals surface area contributed by atoms with Gasteiger partial charge in [-0.1, -0.05) is 12.1 Å². The van der Waals surface area contributed by atoms with Crippen molar-refractivity contribution in [3.63, 3.8) is 0 Å². The smallest absolute Gasteiger partial charge is 0.251 e. The van der Waals surface area contributed by atoms with Crippen molar-refractivity contribution in [2.45, 2.75) is 31.8 Å². The molecule has 0 amide bonds. The molecule has 5 rings (SSSR count). The molecule has 1 aromatic carbocycles. The van der Waals surface area contributed by atoms with E-state index in [2.05, 4.69) is 27.0 Å². The zero-order chi connectivity index (χ0) is 19.1. The summed E-state index contributed by atoms with van der Waals surface area (Å²) in [6.45, 7) is 3.98. The average Bonchev–Trinajstić information content (AvgIpc) is 3.07. The molecule has 3 aromatic rings. The van der Waals surface area contributed by atoms with Crippen molar-refractivity contribution in [1.29, 1.82) is 0 Å². The maximum Gasteiger partial charge on any atom is 0.251 e. The first-order chi connectivity index (χ1) is 13.7. The molecule has 0 radical (unpaired) electrons. The van der Waals surface area contributed by atoms with E-state index in [9.17, 15) is 4.79 Å². The summed E-state index contributed by atoms with van der Waals surface area (Å²) in [6.07, 6.45) is 8.17. The summed E-state index contributed by atoms with van der Waals surface area (Å²) in [7, 11) is 0. The minimum Gasteiger partial charge on any atom is -0.366 e. The van der Waals surface area contributed by atoms with Crippen LogP contribution in [0, 0.1) is 0 Å². The van der Waals surface area contributed by atoms with Crippen LogP contribution in [0.4, 0.5) is 5.69 Å². The van der Waals surface area contributed by atoms with Gasteiger partial charge >= 0.3 is 0 Å². The average molecular weight is 376 g/mol. The predicted octanol–water partition coefficient (Wildman–Crippen LogP) is 2.44. The van der Waals surface area contributed by atoms with Gasteiger partial charge in [0.05, 0.1) is 16.6 Å². The Morgan fingerprint density at radius 1 is 1.25 bits per heavy atom. The van der Waals surface area contributed by atoms with Gasteiger partial charge in [-0.25, -0.2) is 4.52 Å². The number of aromatic nitrogens is 3. The van der Waals surface area contributed by atoms with Gasteiger partial charge in [0.1, 0.15) is 11.8 Å². The van der Waals surface area contributed by atoms with E-state index in [1.165, 1.54) is 0 Å². The van der Waals surface area contributed by atoms with Gasteiger partial charge in [0.15, 0.2) is 0 Å². The number of H-pyrrole nitrogens is 1. The fourth-order valence-electron chi connectivity index (χ4n) is 4.22. The van der Waals surface area contributed by atoms with E-state index >= 15 is 0 Å². The summed E-state index contributed by atoms with van der Waals surface area (Å²) in [4.78, 5) is 15.5. The zero-order valence-electron chi connectivity index (χ0n) is 15.8. The van der Waals surface area contributed by atoms with Crippen molar-refractivity contribution < 1.29 is 0 Å². The number of benzene rings is 1. The first-order valence-electron chi connectivity index (χ1n) is 9.82. The largest absolute Gasteiger partial charge is 0.366 e. The Morgan fingerprint density at radius 2 is 2.11 bits per heavy atom. The first kappa shape index (κ1) is 17.1. The Bertz CT molecular complexity index is 1150. The first-order valence-corrected chi connectivity index (χ1v) is 9.82. The van der Waals surface area contributed by atoms with Crippen LogP contribution in [-0.2, 0) is 0 Å². The van der Waals surface area contributed by atoms with Crippen molar-refractivity contribution in [2.24, 2.45) is 0 Å². The molecule has 0 saturated carbocycles. The highest BCUT2D eigenvalue weighted by Gasteiger charge is 2.22. The number of hydrogen-bond donors (Lipinski definition) is 4. The Morgan fingerprint density at radius 3 is 2.93 bits per heavy atom. The van der Waals surface area contributed by atoms with Gasteiger partial charge in [-0.2, -0.15) is 5.10 Å². The van der Waals surface area contributed by atoms with Crippen LogP contribution in [0.5, 0.6) is 0 Å². The summed E-state index contributed by atoms with van der Waals surface area (Å²) < 4.78 is 1.93. The number of anilines is 1. The fraction of sp³-hybridized carbons (Fsp3) is 0.333. The van der Waals surface area contributed by atoms with Crippen LogP contribution >= 0.6 is 0 Å². The third kappa shape index (κ3) is 2.97. The molecular formula is C21H24N6O. The Labute approximate surface area is 162 Å². The molecule has 1 atom stereocenters. The van der Waals surface area contributed by atoms with E-state index in [1.807, 2.05) is 41.8 Å². The molecule has 1 unspecified atom stereocenters. The Hall–Kier alpha value is -3.06. The third-order valence-electron chi connectivity index (χ3n) is 5.57. The quantitative estimate of drug-likeness (QED) is 0.564. The van der Waals surface area contributed by atoms with E-state index in [0.717, 1.165) is 59.6 Å². The van der Waals surface area contributed by atoms with Gasteiger partial charge in [0, 0.05) is 23.4 Å². The van der Waals surface area contributed by atoms with Gasteiger partial charge in [0.25, 0.3) is 5.56 Å². The highest BCUT2D eigenvalue weighted by Crippen LogP contribution is 2.30. The number of allylic oxidation sites excluding steroid dienone is 3. The van der Waals surface area contributed by atoms with Crippen LogP contribution in [0.1, 0.15) is 31.4 Å². The topological polar surface area (TPSA) is 86.2 Å². The van der Waals surface area contributed by atoms with E-state index in [1.54, 1.807) is 6.07 Å². The van der Waals surface area contributed by atoms with Crippen molar-refractivity contribution in [3.8, 4) is 0 Å². The van der Waals surface area contributed by atoms with Crippen LogP contribution in [0.25, 0.3) is 16.6 Å². The Balaban J connectivity index is 1.64. The summed E-state index contributed by atoms with van der Waals surface area (Å²) in [6, 6.07) is 7.73. The second-order valence-electron chi connectivity index (χ2n) is 7.54. The molecule has 0 spiro atoms. The van der Waals surface area contributed by atoms with E-state index in [0.29, 0.717) is 5.92 Å². The molecule has 2 aromatic heterocycles. The van der Waals surface area contributed by atoms with Gasteiger partial charge in [0.2, 0.25) is 0 Å². The van der Waals surface area contributed by atoms with Crippen molar-refractivity contribution in [3.05, 3.63) is 64.2 Å². The molecule has 144 valence electrons. The molecule has 0 bridgehead atoms. The molecule has 4 N–H and O–H groups in total. The van der Waals surface area contributed by atoms with Crippen molar-refractivity contribution >= 4 is 22.2 Å². The maximum atomic E-state index is 12.5. The standard InChI is InChI=1S/C21H24N6O/c1-13-4-2-7-18(23-13)24-15-5-3-6-16-20(15)21-25-19(28)12-17(27(21)26-16)14-8-10-22-11-9-14/h2-7,12,14,18,22-24H,8-11H2,1H3,(H,25,28). The number of aromatic amines is 1.